The van der Waals surface area contributed by atoms with Crippen LogP contribution in [-0.2, 0) is 9.53 Å². The van der Waals surface area contributed by atoms with E-state index in [1.807, 2.05) is 6.92 Å². The first-order chi connectivity index (χ1) is 13.4. The van der Waals surface area contributed by atoms with Crippen molar-refractivity contribution in [3.8, 4) is 0 Å². The van der Waals surface area contributed by atoms with Crippen LogP contribution in [0.3, 0.4) is 0 Å². The van der Waals surface area contributed by atoms with E-state index in [9.17, 15) is 9.59 Å². The molecule has 8 heteroatoms. The number of amides is 1. The minimum absolute atomic E-state index is 0.0868. The molecule has 6 rings (SSSR count). The second-order valence-corrected chi connectivity index (χ2v) is 8.97. The Hall–Kier alpha value is -2.51. The quantitative estimate of drug-likeness (QED) is 0.812. The summed E-state index contributed by atoms with van der Waals surface area (Å²) >= 11 is 0. The molecule has 1 amide bonds. The van der Waals surface area contributed by atoms with Gasteiger partial charge in [-0.15, -0.1) is 5.10 Å². The summed E-state index contributed by atoms with van der Waals surface area (Å²) in [4.78, 5) is 33.4. The van der Waals surface area contributed by atoms with E-state index in [1.54, 1.807) is 19.2 Å². The van der Waals surface area contributed by atoms with Crippen LogP contribution >= 0.6 is 0 Å². The molecule has 0 radical (unpaired) electrons. The van der Waals surface area contributed by atoms with Crippen molar-refractivity contribution in [1.82, 2.24) is 24.9 Å². The molecule has 28 heavy (non-hydrogen) atoms. The lowest BCUT2D eigenvalue weighted by atomic mass is 9.53. The maximum atomic E-state index is 12.8. The molecular weight excluding hydrogens is 358 g/mol. The van der Waals surface area contributed by atoms with Gasteiger partial charge in [-0.1, -0.05) is 0 Å². The van der Waals surface area contributed by atoms with E-state index in [2.05, 4.69) is 20.4 Å². The van der Waals surface area contributed by atoms with Crippen LogP contribution in [-0.4, -0.2) is 43.1 Å². The van der Waals surface area contributed by atoms with Crippen molar-refractivity contribution in [3.05, 3.63) is 23.8 Å². The van der Waals surface area contributed by atoms with Crippen molar-refractivity contribution < 1.29 is 14.3 Å². The van der Waals surface area contributed by atoms with Gasteiger partial charge in [-0.3, -0.25) is 4.79 Å². The number of aromatic nitrogens is 4. The Morgan fingerprint density at radius 3 is 2.46 bits per heavy atom. The third-order valence-electron chi connectivity index (χ3n) is 6.69. The van der Waals surface area contributed by atoms with E-state index in [4.69, 9.17) is 4.74 Å². The largest absolute Gasteiger partial charge is 0.447 e. The second-order valence-electron chi connectivity index (χ2n) is 8.97. The van der Waals surface area contributed by atoms with Crippen LogP contribution < -0.4 is 5.32 Å². The van der Waals surface area contributed by atoms with Gasteiger partial charge in [-0.25, -0.2) is 14.3 Å². The van der Waals surface area contributed by atoms with Crippen LogP contribution in [0.5, 0.6) is 0 Å². The zero-order chi connectivity index (χ0) is 19.5. The number of ether oxygens (including phenoxy) is 1. The Labute approximate surface area is 163 Å². The van der Waals surface area contributed by atoms with E-state index < -0.39 is 12.1 Å². The number of hydrogen-bond acceptors (Lipinski definition) is 6. The molecular formula is C20H25N5O3. The van der Waals surface area contributed by atoms with Crippen LogP contribution in [0, 0.1) is 24.7 Å². The Balaban J connectivity index is 1.26. The highest BCUT2D eigenvalue weighted by molar-refractivity contribution is 5.89. The SMILES string of the molecule is Cc1ccnc2nc(C(=O)O[C@@H](C)C(=O)NC34CC5CC(CC(C5)C3)C4)nn12. The number of fused-ring (bicyclic) bond motifs is 1. The van der Waals surface area contributed by atoms with Crippen molar-refractivity contribution in [2.75, 3.05) is 0 Å². The third-order valence-corrected chi connectivity index (χ3v) is 6.69. The maximum absolute atomic E-state index is 12.8. The first kappa shape index (κ1) is 17.6. The highest BCUT2D eigenvalue weighted by Crippen LogP contribution is 2.55. The summed E-state index contributed by atoms with van der Waals surface area (Å²) in [7, 11) is 0. The smallest absolute Gasteiger partial charge is 0.379 e. The van der Waals surface area contributed by atoms with Crippen LogP contribution in [0.25, 0.3) is 5.78 Å². The zero-order valence-electron chi connectivity index (χ0n) is 16.2. The Bertz CT molecular complexity index is 917. The molecule has 0 unspecified atom stereocenters. The summed E-state index contributed by atoms with van der Waals surface area (Å²) in [5, 5.41) is 7.38. The number of aryl methyl sites for hydroxylation is 1. The molecule has 1 atom stereocenters. The van der Waals surface area contributed by atoms with Crippen molar-refractivity contribution in [1.29, 1.82) is 0 Å². The Morgan fingerprint density at radius 1 is 1.21 bits per heavy atom. The van der Waals surface area contributed by atoms with Crippen molar-refractivity contribution >= 4 is 17.7 Å². The van der Waals surface area contributed by atoms with Crippen molar-refractivity contribution in [2.24, 2.45) is 17.8 Å². The first-order valence-electron chi connectivity index (χ1n) is 10.1. The predicted octanol–water partition coefficient (Wildman–Crippen LogP) is 2.06. The predicted molar refractivity (Wildman–Crippen MR) is 99.4 cm³/mol. The number of esters is 1. The first-order valence-corrected chi connectivity index (χ1v) is 10.1. The molecule has 4 bridgehead atoms. The van der Waals surface area contributed by atoms with E-state index in [0.29, 0.717) is 5.78 Å². The molecule has 8 nitrogen and oxygen atoms in total. The number of nitrogens with zero attached hydrogens (tertiary/aromatic N) is 4. The number of nitrogens with one attached hydrogen (secondary N) is 1. The van der Waals surface area contributed by atoms with Crippen molar-refractivity contribution in [3.63, 3.8) is 0 Å². The summed E-state index contributed by atoms with van der Waals surface area (Å²) in [5.74, 6) is 1.52. The number of carbonyl (C=O) groups is 2. The van der Waals surface area contributed by atoms with Crippen molar-refractivity contribution in [2.45, 2.75) is 64.0 Å². The van der Waals surface area contributed by atoms with Crippen LogP contribution in [0.2, 0.25) is 0 Å². The van der Waals surface area contributed by atoms with Gasteiger partial charge < -0.3 is 10.1 Å². The van der Waals surface area contributed by atoms with Crippen LogP contribution in [0.4, 0.5) is 0 Å². The van der Waals surface area contributed by atoms with Gasteiger partial charge in [0, 0.05) is 17.4 Å². The summed E-state index contributed by atoms with van der Waals surface area (Å²) in [6.07, 6.45) is 7.84. The lowest BCUT2D eigenvalue weighted by molar-refractivity contribution is -0.134. The third kappa shape index (κ3) is 2.95. The molecule has 2 aromatic rings. The molecule has 4 aliphatic carbocycles. The average Bonchev–Trinajstić information content (AvgIpc) is 3.06. The highest BCUT2D eigenvalue weighted by atomic mass is 16.5. The molecule has 1 N–H and O–H groups in total. The minimum atomic E-state index is -0.888. The van der Waals surface area contributed by atoms with Gasteiger partial charge in [0.1, 0.15) is 0 Å². The van der Waals surface area contributed by atoms with Gasteiger partial charge in [-0.05, 0) is 76.2 Å². The molecule has 2 aromatic heterocycles. The lowest BCUT2D eigenvalue weighted by Crippen LogP contribution is -2.61. The van der Waals surface area contributed by atoms with E-state index in [0.717, 1.165) is 42.7 Å². The van der Waals surface area contributed by atoms with Gasteiger partial charge >= 0.3 is 5.97 Å². The normalized spacial score (nSPS) is 31.7. The average molecular weight is 383 g/mol. The van der Waals surface area contributed by atoms with Gasteiger partial charge in [-0.2, -0.15) is 4.98 Å². The minimum Gasteiger partial charge on any atom is -0.447 e. The fourth-order valence-electron chi connectivity index (χ4n) is 5.89. The molecule has 4 saturated carbocycles. The standard InChI is InChI=1S/C20H25N5O3/c1-11-3-4-21-19-22-16(24-25(11)19)18(27)28-12(2)17(26)23-20-8-13-5-14(9-20)7-15(6-13)10-20/h3-4,12-15H,5-10H2,1-2H3,(H,23,26)/t12-,13?,14?,15?,20?/m0/s1. The van der Waals surface area contributed by atoms with Gasteiger partial charge in [0.05, 0.1) is 0 Å². The lowest BCUT2D eigenvalue weighted by Gasteiger charge is -2.57. The fourth-order valence-corrected chi connectivity index (χ4v) is 5.89. The van der Waals surface area contributed by atoms with E-state index in [1.165, 1.54) is 23.8 Å². The fraction of sp³-hybridized carbons (Fsp3) is 0.650. The van der Waals surface area contributed by atoms with Gasteiger partial charge in [0.15, 0.2) is 6.10 Å². The molecule has 0 saturated heterocycles. The summed E-state index contributed by atoms with van der Waals surface area (Å²) in [6.45, 7) is 3.45. The van der Waals surface area contributed by atoms with E-state index >= 15 is 0 Å². The maximum Gasteiger partial charge on any atom is 0.379 e. The number of carbonyl (C=O) groups excluding carboxylic acids is 2. The molecule has 4 fully saturated rings. The number of rotatable bonds is 4. The molecule has 2 heterocycles. The molecule has 0 aromatic carbocycles. The summed E-state index contributed by atoms with van der Waals surface area (Å²) < 4.78 is 6.85. The topological polar surface area (TPSA) is 98.5 Å². The number of hydrogen-bond donors (Lipinski definition) is 1. The van der Waals surface area contributed by atoms with E-state index in [-0.39, 0.29) is 17.3 Å². The molecule has 0 spiro atoms. The molecule has 0 aliphatic heterocycles. The van der Waals surface area contributed by atoms with Gasteiger partial charge in [0.2, 0.25) is 0 Å². The Morgan fingerprint density at radius 2 is 1.86 bits per heavy atom. The zero-order valence-corrected chi connectivity index (χ0v) is 16.2. The Kier molecular flexibility index (Phi) is 3.93. The monoisotopic (exact) mass is 383 g/mol. The second kappa shape index (κ2) is 6.25. The molecule has 4 aliphatic rings. The highest BCUT2D eigenvalue weighted by Gasteiger charge is 2.51. The summed E-state index contributed by atoms with van der Waals surface area (Å²) in [6, 6.07) is 1.78. The molecule has 148 valence electrons. The van der Waals surface area contributed by atoms with Crippen LogP contribution in [0.15, 0.2) is 12.3 Å². The van der Waals surface area contributed by atoms with Crippen LogP contribution in [0.1, 0.15) is 61.8 Å². The van der Waals surface area contributed by atoms with Gasteiger partial charge in [0.25, 0.3) is 17.5 Å². The summed E-state index contributed by atoms with van der Waals surface area (Å²) in [5.41, 5.74) is 0.707.